The molecule has 0 atom stereocenters. The van der Waals surface area contributed by atoms with Crippen LogP contribution in [0.25, 0.3) is 5.70 Å². The highest BCUT2D eigenvalue weighted by Gasteiger charge is 2.23. The van der Waals surface area contributed by atoms with Crippen molar-refractivity contribution in [2.75, 3.05) is 0 Å². The lowest BCUT2D eigenvalue weighted by atomic mass is 10.2. The third-order valence-corrected chi connectivity index (χ3v) is 2.53. The predicted octanol–water partition coefficient (Wildman–Crippen LogP) is 2.28. The second kappa shape index (κ2) is 2.87. The highest BCUT2D eigenvalue weighted by Crippen LogP contribution is 2.31. The lowest BCUT2D eigenvalue weighted by molar-refractivity contribution is 0.339. The molecule has 13 heavy (non-hydrogen) atoms. The van der Waals surface area contributed by atoms with E-state index in [1.54, 1.807) is 0 Å². The van der Waals surface area contributed by atoms with Crippen LogP contribution in [0.2, 0.25) is 0 Å². The highest BCUT2D eigenvalue weighted by molar-refractivity contribution is 5.68. The Labute approximate surface area is 78.9 Å². The van der Waals surface area contributed by atoms with E-state index in [1.165, 1.54) is 11.1 Å². The Kier molecular flexibility index (Phi) is 1.83. The van der Waals surface area contributed by atoms with Gasteiger partial charge in [-0.25, -0.2) is 0 Å². The van der Waals surface area contributed by atoms with Crippen LogP contribution in [0.15, 0.2) is 25.0 Å². The van der Waals surface area contributed by atoms with Crippen LogP contribution in [-0.4, -0.2) is 15.9 Å². The summed E-state index contributed by atoms with van der Waals surface area (Å²) >= 11 is 0. The van der Waals surface area contributed by atoms with E-state index in [9.17, 15) is 0 Å². The lowest BCUT2D eigenvalue weighted by Gasteiger charge is -2.23. The number of hydrogen-bond acceptors (Lipinski definition) is 2. The van der Waals surface area contributed by atoms with Crippen molar-refractivity contribution in [3.05, 3.63) is 36.2 Å². The molecule has 0 fully saturated rings. The number of aromatic nitrogens is 1. The second-order valence-electron chi connectivity index (χ2n) is 3.70. The molecule has 1 aliphatic heterocycles. The predicted molar refractivity (Wildman–Crippen MR) is 54.0 cm³/mol. The van der Waals surface area contributed by atoms with Crippen molar-refractivity contribution in [2.24, 2.45) is 0 Å². The van der Waals surface area contributed by atoms with Crippen LogP contribution < -0.4 is 0 Å². The summed E-state index contributed by atoms with van der Waals surface area (Å²) in [5.74, 6) is 0. The van der Waals surface area contributed by atoms with Gasteiger partial charge in [0.1, 0.15) is 0 Å². The van der Waals surface area contributed by atoms with Gasteiger partial charge in [-0.15, -0.1) is 0 Å². The Morgan fingerprint density at radius 2 is 2.31 bits per heavy atom. The summed E-state index contributed by atoms with van der Waals surface area (Å²) in [7, 11) is 0. The zero-order valence-electron chi connectivity index (χ0n) is 8.12. The third kappa shape index (κ3) is 1.22. The molecule has 0 unspecified atom stereocenters. The molecule has 0 bridgehead atoms. The smallest absolute Gasteiger partial charge is 0.0454 e. The van der Waals surface area contributed by atoms with Gasteiger partial charge in [0.05, 0.1) is 0 Å². The molecule has 2 nitrogen and oxygen atoms in total. The highest BCUT2D eigenvalue weighted by atomic mass is 15.2. The fourth-order valence-corrected chi connectivity index (χ4v) is 1.76. The second-order valence-corrected chi connectivity index (χ2v) is 3.70. The van der Waals surface area contributed by atoms with Crippen LogP contribution in [0, 0.1) is 0 Å². The van der Waals surface area contributed by atoms with Gasteiger partial charge in [0, 0.05) is 36.2 Å². The molecule has 0 radical (unpaired) electrons. The molecule has 0 N–H and O–H groups in total. The summed E-state index contributed by atoms with van der Waals surface area (Å²) in [4.78, 5) is 6.41. The summed E-state index contributed by atoms with van der Waals surface area (Å²) in [5, 5.41) is 0. The maximum absolute atomic E-state index is 4.12. The Bertz CT molecular complexity index is 342. The average Bonchev–Trinajstić information content (AvgIpc) is 2.45. The Balaban J connectivity index is 2.38. The van der Waals surface area contributed by atoms with E-state index in [4.69, 9.17) is 0 Å². The average molecular weight is 174 g/mol. The van der Waals surface area contributed by atoms with Crippen molar-refractivity contribution in [3.63, 3.8) is 0 Å². The van der Waals surface area contributed by atoms with Gasteiger partial charge in [0.15, 0.2) is 0 Å². The van der Waals surface area contributed by atoms with Crippen LogP contribution in [0.1, 0.15) is 25.0 Å². The molecule has 0 aromatic carbocycles. The minimum atomic E-state index is 0.514. The standard InChI is InChI=1S/C11H14N2/c1-8(2)13-7-10-6-12-5-4-11(10)9(13)3/h4-6,8H,3,7H2,1-2H3. The van der Waals surface area contributed by atoms with Crippen molar-refractivity contribution in [1.29, 1.82) is 0 Å². The fourth-order valence-electron chi connectivity index (χ4n) is 1.76. The summed E-state index contributed by atoms with van der Waals surface area (Å²) in [6.45, 7) is 9.42. The Morgan fingerprint density at radius 3 is 2.92 bits per heavy atom. The molecule has 68 valence electrons. The summed E-state index contributed by atoms with van der Waals surface area (Å²) in [6, 6.07) is 2.56. The molecule has 1 aromatic rings. The van der Waals surface area contributed by atoms with Crippen molar-refractivity contribution >= 4 is 5.70 Å². The van der Waals surface area contributed by atoms with Crippen molar-refractivity contribution in [1.82, 2.24) is 9.88 Å². The maximum atomic E-state index is 4.12. The fraction of sp³-hybridized carbons (Fsp3) is 0.364. The minimum Gasteiger partial charge on any atom is -0.365 e. The number of pyridine rings is 1. The monoisotopic (exact) mass is 174 g/mol. The largest absolute Gasteiger partial charge is 0.365 e. The van der Waals surface area contributed by atoms with Gasteiger partial charge >= 0.3 is 0 Å². The zero-order valence-corrected chi connectivity index (χ0v) is 8.12. The van der Waals surface area contributed by atoms with Crippen LogP contribution in [0.3, 0.4) is 0 Å². The van der Waals surface area contributed by atoms with Crippen LogP contribution in [-0.2, 0) is 6.54 Å². The van der Waals surface area contributed by atoms with Crippen molar-refractivity contribution < 1.29 is 0 Å². The van der Waals surface area contributed by atoms with Gasteiger partial charge in [0.2, 0.25) is 0 Å². The molecule has 2 rings (SSSR count). The molecule has 0 saturated carbocycles. The summed E-state index contributed by atoms with van der Waals surface area (Å²) in [6.07, 6.45) is 3.76. The topological polar surface area (TPSA) is 16.1 Å². The van der Waals surface area contributed by atoms with E-state index in [-0.39, 0.29) is 0 Å². The van der Waals surface area contributed by atoms with Crippen LogP contribution >= 0.6 is 0 Å². The maximum Gasteiger partial charge on any atom is 0.0454 e. The van der Waals surface area contributed by atoms with E-state index in [0.29, 0.717) is 6.04 Å². The molecule has 1 aliphatic rings. The molecular formula is C11H14N2. The van der Waals surface area contributed by atoms with E-state index in [2.05, 4.69) is 30.3 Å². The summed E-state index contributed by atoms with van der Waals surface area (Å²) < 4.78 is 0. The lowest BCUT2D eigenvalue weighted by Crippen LogP contribution is -2.23. The van der Waals surface area contributed by atoms with Crippen LogP contribution in [0.5, 0.6) is 0 Å². The molecular weight excluding hydrogens is 160 g/mol. The van der Waals surface area contributed by atoms with Crippen molar-refractivity contribution in [3.8, 4) is 0 Å². The molecule has 2 heteroatoms. The number of nitrogens with zero attached hydrogens (tertiary/aromatic N) is 2. The summed E-state index contributed by atoms with van der Waals surface area (Å²) in [5.41, 5.74) is 3.68. The third-order valence-electron chi connectivity index (χ3n) is 2.53. The quantitative estimate of drug-likeness (QED) is 0.649. The van der Waals surface area contributed by atoms with Gasteiger partial charge in [-0.05, 0) is 25.5 Å². The normalized spacial score (nSPS) is 15.3. The van der Waals surface area contributed by atoms with Gasteiger partial charge in [-0.1, -0.05) is 6.58 Å². The van der Waals surface area contributed by atoms with Gasteiger partial charge in [-0.3, -0.25) is 4.98 Å². The first-order valence-electron chi connectivity index (χ1n) is 4.59. The molecule has 1 aromatic heterocycles. The van der Waals surface area contributed by atoms with Gasteiger partial charge < -0.3 is 4.90 Å². The van der Waals surface area contributed by atoms with Crippen molar-refractivity contribution in [2.45, 2.75) is 26.4 Å². The van der Waals surface area contributed by atoms with E-state index in [0.717, 1.165) is 12.2 Å². The Morgan fingerprint density at radius 1 is 1.54 bits per heavy atom. The first kappa shape index (κ1) is 8.30. The SMILES string of the molecule is C=C1c2ccncc2CN1C(C)C. The number of hydrogen-bond donors (Lipinski definition) is 0. The molecule has 0 saturated heterocycles. The van der Waals surface area contributed by atoms with Gasteiger partial charge in [-0.2, -0.15) is 0 Å². The van der Waals surface area contributed by atoms with E-state index < -0.39 is 0 Å². The number of rotatable bonds is 1. The molecule has 0 amide bonds. The minimum absolute atomic E-state index is 0.514. The first-order valence-corrected chi connectivity index (χ1v) is 4.59. The van der Waals surface area contributed by atoms with E-state index in [1.807, 2.05) is 18.5 Å². The van der Waals surface area contributed by atoms with Crippen LogP contribution in [0.4, 0.5) is 0 Å². The van der Waals surface area contributed by atoms with Gasteiger partial charge in [0.25, 0.3) is 0 Å². The Hall–Kier alpha value is -1.31. The molecule has 0 spiro atoms. The molecule has 0 aliphatic carbocycles. The first-order chi connectivity index (χ1) is 6.20. The number of fused-ring (bicyclic) bond motifs is 1. The van der Waals surface area contributed by atoms with E-state index >= 15 is 0 Å². The zero-order chi connectivity index (χ0) is 9.42. The molecule has 2 heterocycles.